The molecule has 1 fully saturated rings. The minimum atomic E-state index is 0.0850. The molecule has 7 heteroatoms. The van der Waals surface area contributed by atoms with Crippen LogP contribution in [0.2, 0.25) is 5.02 Å². The Kier molecular flexibility index (Phi) is 5.93. The topological polar surface area (TPSA) is 55.3 Å². The zero-order valence-electron chi connectivity index (χ0n) is 13.1. The number of hydrogen-bond donors (Lipinski definition) is 0. The van der Waals surface area contributed by atoms with E-state index in [4.69, 9.17) is 16.3 Å². The van der Waals surface area contributed by atoms with Crippen molar-refractivity contribution >= 4 is 29.3 Å². The number of rotatable bonds is 5. The first-order valence-electron chi connectivity index (χ1n) is 7.79. The molecule has 5 nitrogen and oxygen atoms in total. The minimum Gasteiger partial charge on any atom is -0.489 e. The monoisotopic (exact) mass is 363 g/mol. The number of ether oxygens (including phenoxy) is 1. The second kappa shape index (κ2) is 8.35. The van der Waals surface area contributed by atoms with Gasteiger partial charge in [0, 0.05) is 61.7 Å². The predicted molar refractivity (Wildman–Crippen MR) is 94.4 cm³/mol. The maximum atomic E-state index is 12.3. The molecule has 0 saturated carbocycles. The van der Waals surface area contributed by atoms with Gasteiger partial charge in [-0.05, 0) is 12.1 Å². The summed E-state index contributed by atoms with van der Waals surface area (Å²) in [7, 11) is 0. The molecule has 3 rings (SSSR count). The summed E-state index contributed by atoms with van der Waals surface area (Å²) in [5.74, 6) is 1.27. The SMILES string of the molecule is O=C(CSc1ccncc1)N1CCC(Oc2ccncc2Cl)CC1. The van der Waals surface area contributed by atoms with Crippen LogP contribution in [-0.2, 0) is 4.79 Å². The lowest BCUT2D eigenvalue weighted by Gasteiger charge is -2.32. The van der Waals surface area contributed by atoms with Crippen molar-refractivity contribution in [3.63, 3.8) is 0 Å². The Labute approximate surface area is 150 Å². The predicted octanol–water partition coefficient (Wildman–Crippen LogP) is 3.29. The number of likely N-dealkylation sites (tertiary alicyclic amines) is 1. The normalized spacial score (nSPS) is 15.3. The lowest BCUT2D eigenvalue weighted by molar-refractivity contribution is -0.130. The number of piperidine rings is 1. The average Bonchev–Trinajstić information content (AvgIpc) is 2.63. The van der Waals surface area contributed by atoms with Crippen molar-refractivity contribution < 1.29 is 9.53 Å². The van der Waals surface area contributed by atoms with Crippen molar-refractivity contribution in [1.29, 1.82) is 0 Å². The fourth-order valence-corrected chi connectivity index (χ4v) is 3.48. The number of nitrogens with zero attached hydrogens (tertiary/aromatic N) is 3. The minimum absolute atomic E-state index is 0.0850. The third-order valence-electron chi connectivity index (χ3n) is 3.84. The smallest absolute Gasteiger partial charge is 0.232 e. The molecule has 3 heterocycles. The van der Waals surface area contributed by atoms with E-state index in [2.05, 4.69) is 9.97 Å². The number of carbonyl (C=O) groups is 1. The number of carbonyl (C=O) groups excluding carboxylic acids is 1. The van der Waals surface area contributed by atoms with E-state index in [1.165, 1.54) is 0 Å². The molecule has 2 aromatic rings. The number of aromatic nitrogens is 2. The highest BCUT2D eigenvalue weighted by atomic mass is 35.5. The molecule has 2 aromatic heterocycles. The maximum Gasteiger partial charge on any atom is 0.232 e. The largest absolute Gasteiger partial charge is 0.489 e. The Hall–Kier alpha value is -1.79. The molecule has 0 bridgehead atoms. The number of hydrogen-bond acceptors (Lipinski definition) is 5. The van der Waals surface area contributed by atoms with Crippen LogP contribution in [0.3, 0.4) is 0 Å². The van der Waals surface area contributed by atoms with Crippen LogP contribution in [-0.4, -0.2) is 45.7 Å². The van der Waals surface area contributed by atoms with Gasteiger partial charge >= 0.3 is 0 Å². The van der Waals surface area contributed by atoms with Crippen LogP contribution in [0.4, 0.5) is 0 Å². The van der Waals surface area contributed by atoms with Crippen molar-refractivity contribution in [2.45, 2.75) is 23.8 Å². The first kappa shape index (κ1) is 17.0. The second-order valence-electron chi connectivity index (χ2n) is 5.48. The van der Waals surface area contributed by atoms with Crippen LogP contribution >= 0.6 is 23.4 Å². The molecule has 0 atom stereocenters. The van der Waals surface area contributed by atoms with Gasteiger partial charge < -0.3 is 9.64 Å². The van der Waals surface area contributed by atoms with Crippen LogP contribution in [0.15, 0.2) is 47.9 Å². The fourth-order valence-electron chi connectivity index (χ4n) is 2.53. The third kappa shape index (κ3) is 4.61. The Morgan fingerprint density at radius 1 is 1.21 bits per heavy atom. The highest BCUT2D eigenvalue weighted by molar-refractivity contribution is 8.00. The number of halogens is 1. The molecule has 0 unspecified atom stereocenters. The summed E-state index contributed by atoms with van der Waals surface area (Å²) in [6.07, 6.45) is 8.41. The van der Waals surface area contributed by atoms with E-state index in [1.54, 1.807) is 42.6 Å². The Morgan fingerprint density at radius 3 is 2.62 bits per heavy atom. The van der Waals surface area contributed by atoms with E-state index in [9.17, 15) is 4.79 Å². The lowest BCUT2D eigenvalue weighted by atomic mass is 10.1. The van der Waals surface area contributed by atoms with Gasteiger partial charge in [-0.25, -0.2) is 0 Å². The lowest BCUT2D eigenvalue weighted by Crippen LogP contribution is -2.42. The van der Waals surface area contributed by atoms with Crippen molar-refractivity contribution in [3.05, 3.63) is 48.0 Å². The van der Waals surface area contributed by atoms with Gasteiger partial charge in [-0.1, -0.05) is 11.6 Å². The first-order valence-corrected chi connectivity index (χ1v) is 9.15. The van der Waals surface area contributed by atoms with Gasteiger partial charge in [-0.3, -0.25) is 14.8 Å². The fraction of sp³-hybridized carbons (Fsp3) is 0.353. The Morgan fingerprint density at radius 2 is 1.92 bits per heavy atom. The summed E-state index contributed by atoms with van der Waals surface area (Å²) in [6, 6.07) is 5.60. The molecule has 0 aromatic carbocycles. The molecule has 24 heavy (non-hydrogen) atoms. The van der Waals surface area contributed by atoms with Gasteiger partial charge in [-0.2, -0.15) is 0 Å². The zero-order valence-corrected chi connectivity index (χ0v) is 14.7. The highest BCUT2D eigenvalue weighted by Crippen LogP contribution is 2.26. The molecular formula is C17H18ClN3O2S. The molecule has 0 spiro atoms. The molecule has 0 N–H and O–H groups in total. The van der Waals surface area contributed by atoms with Crippen molar-refractivity contribution in [3.8, 4) is 5.75 Å². The van der Waals surface area contributed by atoms with Gasteiger partial charge in [-0.15, -0.1) is 11.8 Å². The molecular weight excluding hydrogens is 346 g/mol. The van der Waals surface area contributed by atoms with Crippen LogP contribution in [0.25, 0.3) is 0 Å². The van der Waals surface area contributed by atoms with Gasteiger partial charge in [0.1, 0.15) is 16.9 Å². The molecule has 1 aliphatic heterocycles. The number of pyridine rings is 2. The summed E-state index contributed by atoms with van der Waals surface area (Å²) in [4.78, 5) is 23.2. The molecule has 0 aliphatic carbocycles. The average molecular weight is 364 g/mol. The molecule has 0 radical (unpaired) electrons. The van der Waals surface area contributed by atoms with E-state index in [0.29, 0.717) is 29.6 Å². The van der Waals surface area contributed by atoms with E-state index in [-0.39, 0.29) is 12.0 Å². The van der Waals surface area contributed by atoms with Crippen LogP contribution in [0.1, 0.15) is 12.8 Å². The van der Waals surface area contributed by atoms with Gasteiger partial charge in [0.05, 0.1) is 5.75 Å². The molecule has 1 aliphatic rings. The standard InChI is InChI=1S/C17H18ClN3O2S/c18-15-11-20-8-3-16(15)23-13-4-9-21(10-5-13)17(22)12-24-14-1-6-19-7-2-14/h1-3,6-8,11,13H,4-5,9-10,12H2. The first-order chi connectivity index (χ1) is 11.7. The maximum absolute atomic E-state index is 12.3. The third-order valence-corrected chi connectivity index (χ3v) is 5.12. The van der Waals surface area contributed by atoms with Gasteiger partial charge in [0.2, 0.25) is 5.91 Å². The van der Waals surface area contributed by atoms with Crippen molar-refractivity contribution in [2.24, 2.45) is 0 Å². The number of amides is 1. The van der Waals surface area contributed by atoms with E-state index in [1.807, 2.05) is 17.0 Å². The number of thioether (sulfide) groups is 1. The van der Waals surface area contributed by atoms with Crippen molar-refractivity contribution in [1.82, 2.24) is 14.9 Å². The quantitative estimate of drug-likeness (QED) is 0.763. The van der Waals surface area contributed by atoms with Crippen LogP contribution in [0, 0.1) is 0 Å². The van der Waals surface area contributed by atoms with E-state index >= 15 is 0 Å². The van der Waals surface area contributed by atoms with Gasteiger partial charge in [0.15, 0.2) is 0 Å². The summed E-state index contributed by atoms with van der Waals surface area (Å²) in [5, 5.41) is 0.518. The summed E-state index contributed by atoms with van der Waals surface area (Å²) < 4.78 is 5.92. The Balaban J connectivity index is 1.44. The highest BCUT2D eigenvalue weighted by Gasteiger charge is 2.24. The Bertz CT molecular complexity index is 679. The molecule has 126 valence electrons. The zero-order chi connectivity index (χ0) is 16.8. The van der Waals surface area contributed by atoms with Crippen LogP contribution < -0.4 is 4.74 Å². The summed E-state index contributed by atoms with van der Waals surface area (Å²) >= 11 is 7.60. The second-order valence-corrected chi connectivity index (χ2v) is 6.93. The van der Waals surface area contributed by atoms with E-state index < -0.39 is 0 Å². The van der Waals surface area contributed by atoms with E-state index in [0.717, 1.165) is 17.7 Å². The molecule has 1 amide bonds. The molecule has 1 saturated heterocycles. The van der Waals surface area contributed by atoms with Crippen LogP contribution in [0.5, 0.6) is 5.75 Å². The van der Waals surface area contributed by atoms with Gasteiger partial charge in [0.25, 0.3) is 0 Å². The summed E-state index contributed by atoms with van der Waals surface area (Å²) in [5.41, 5.74) is 0. The summed E-state index contributed by atoms with van der Waals surface area (Å²) in [6.45, 7) is 1.42. The van der Waals surface area contributed by atoms with Crippen molar-refractivity contribution in [2.75, 3.05) is 18.8 Å².